The Morgan fingerprint density at radius 1 is 0.739 bits per heavy atom. The first kappa shape index (κ1) is 23.4. The van der Waals surface area contributed by atoms with E-state index in [1.807, 2.05) is 6.56 Å². The van der Waals surface area contributed by atoms with E-state index in [0.717, 1.165) is 0 Å². The van der Waals surface area contributed by atoms with Gasteiger partial charge in [-0.3, -0.25) is 0 Å². The molecule has 0 bridgehead atoms. The zero-order valence-electron chi connectivity index (χ0n) is 15.5. The fraction of sp³-hybridized carbons (Fsp3) is 0.600. The molecule has 23 heavy (non-hydrogen) atoms. The van der Waals surface area contributed by atoms with Crippen LogP contribution in [0.1, 0.15) is 67.2 Å². The molecule has 0 radical (unpaired) electrons. The van der Waals surface area contributed by atoms with E-state index >= 15 is 0 Å². The van der Waals surface area contributed by atoms with E-state index in [0.29, 0.717) is 10.8 Å². The molecule has 0 saturated heterocycles. The molecule has 130 valence electrons. The molecule has 0 spiro atoms. The van der Waals surface area contributed by atoms with E-state index in [1.54, 1.807) is 11.1 Å². The topological polar surface area (TPSA) is 0 Å². The molecule has 0 atom stereocenters. The van der Waals surface area contributed by atoms with Crippen LogP contribution in [0, 0.1) is 10.8 Å². The van der Waals surface area contributed by atoms with Gasteiger partial charge in [0.15, 0.2) is 0 Å². The van der Waals surface area contributed by atoms with Crippen molar-refractivity contribution in [1.82, 2.24) is 0 Å². The zero-order chi connectivity index (χ0) is 15.7. The normalized spacial score (nSPS) is 17.5. The Hall–Kier alpha value is 0.423. The molecule has 0 N–H and O–H groups in total. The van der Waals surface area contributed by atoms with E-state index in [4.69, 9.17) is 0 Å². The van der Waals surface area contributed by atoms with Gasteiger partial charge in [-0.05, 0) is 0 Å². The molecular formula is C20H32Cl2Zr. The molecule has 0 saturated carbocycles. The molecule has 2 rings (SSSR count). The van der Waals surface area contributed by atoms with Crippen LogP contribution in [0.25, 0.3) is 0 Å². The van der Waals surface area contributed by atoms with Crippen molar-refractivity contribution in [2.75, 3.05) is 0 Å². The van der Waals surface area contributed by atoms with Crippen molar-refractivity contribution in [3.63, 3.8) is 0 Å². The van der Waals surface area contributed by atoms with Crippen molar-refractivity contribution in [2.24, 2.45) is 10.8 Å². The van der Waals surface area contributed by atoms with Crippen molar-refractivity contribution in [2.45, 2.75) is 67.2 Å². The van der Waals surface area contributed by atoms with Gasteiger partial charge in [-0.1, -0.05) is 0 Å². The molecule has 3 heteroatoms. The average Bonchev–Trinajstić information content (AvgIpc) is 2.86. The van der Waals surface area contributed by atoms with Gasteiger partial charge >= 0.3 is 143 Å². The second kappa shape index (κ2) is 9.21. The Bertz CT molecular complexity index is 475. The minimum atomic E-state index is -0.554. The van der Waals surface area contributed by atoms with Crippen molar-refractivity contribution in [3.8, 4) is 0 Å². The molecule has 0 unspecified atom stereocenters. The maximum absolute atomic E-state index is 2.41. The van der Waals surface area contributed by atoms with Gasteiger partial charge < -0.3 is 0 Å². The fourth-order valence-electron chi connectivity index (χ4n) is 3.02. The first-order valence-electron chi connectivity index (χ1n) is 8.18. The maximum atomic E-state index is 2.41. The van der Waals surface area contributed by atoms with E-state index in [2.05, 4.69) is 65.8 Å². The predicted molar refractivity (Wildman–Crippen MR) is 104 cm³/mol. The van der Waals surface area contributed by atoms with Crippen LogP contribution < -0.4 is 0 Å². The van der Waals surface area contributed by atoms with Crippen LogP contribution in [0.2, 0.25) is 0 Å². The van der Waals surface area contributed by atoms with Gasteiger partial charge in [0, 0.05) is 0 Å². The minimum Gasteiger partial charge on any atom is -0.147 e. The number of hydrogen-bond donors (Lipinski definition) is 0. The first-order valence-corrected chi connectivity index (χ1v) is 10.6. The van der Waals surface area contributed by atoms with Crippen LogP contribution in [0.3, 0.4) is 0 Å². The number of allylic oxidation sites excluding steroid dienone is 8. The summed E-state index contributed by atoms with van der Waals surface area (Å²) in [5.74, 6) is 0. The molecule has 0 fully saturated rings. The van der Waals surface area contributed by atoms with Crippen LogP contribution >= 0.6 is 24.8 Å². The summed E-state index contributed by atoms with van der Waals surface area (Å²) in [6.45, 7) is 14.1. The van der Waals surface area contributed by atoms with Crippen molar-refractivity contribution in [3.05, 3.63) is 42.0 Å². The van der Waals surface area contributed by atoms with Crippen LogP contribution in [0.4, 0.5) is 0 Å². The van der Waals surface area contributed by atoms with Crippen LogP contribution in [0.15, 0.2) is 42.0 Å². The number of halogens is 2. The van der Waals surface area contributed by atoms with Gasteiger partial charge in [0.05, 0.1) is 0 Å². The van der Waals surface area contributed by atoms with Gasteiger partial charge in [0.25, 0.3) is 0 Å². The van der Waals surface area contributed by atoms with Crippen LogP contribution in [-0.2, 0) is 23.2 Å². The van der Waals surface area contributed by atoms with Crippen LogP contribution in [-0.4, -0.2) is 0 Å². The van der Waals surface area contributed by atoms with E-state index in [1.165, 1.54) is 25.7 Å². The summed E-state index contributed by atoms with van der Waals surface area (Å²) in [6.07, 6.45) is 14.6. The molecule has 0 nitrogen and oxygen atoms in total. The molecule has 0 heterocycles. The standard InChI is InChI=1S/2C10H15.2ClH.Zr/c2*1-10(2,3)8-9-6-4-5-7-9;;;/h2*4,6H,5,8H2,1-3H3;2*1H;. The van der Waals surface area contributed by atoms with Gasteiger partial charge in [0.1, 0.15) is 0 Å². The van der Waals surface area contributed by atoms with Gasteiger partial charge in [-0.2, -0.15) is 0 Å². The molecule has 0 amide bonds. The van der Waals surface area contributed by atoms with Crippen molar-refractivity contribution in [1.29, 1.82) is 0 Å². The first-order chi connectivity index (χ1) is 9.64. The molecule has 2 aliphatic rings. The molecule has 0 aromatic heterocycles. The van der Waals surface area contributed by atoms with Crippen molar-refractivity contribution < 1.29 is 23.2 Å². The monoisotopic (exact) mass is 432 g/mol. The van der Waals surface area contributed by atoms with Gasteiger partial charge in [-0.15, -0.1) is 24.8 Å². The number of hydrogen-bond acceptors (Lipinski definition) is 0. The van der Waals surface area contributed by atoms with Crippen molar-refractivity contribution >= 4 is 24.8 Å². The predicted octanol–water partition coefficient (Wildman–Crippen LogP) is 7.21. The Morgan fingerprint density at radius 2 is 1.09 bits per heavy atom. The Balaban J connectivity index is 0.00000242. The largest absolute Gasteiger partial charge is 0.147 e. The Morgan fingerprint density at radius 3 is 1.39 bits per heavy atom. The van der Waals surface area contributed by atoms with Gasteiger partial charge in [0.2, 0.25) is 0 Å². The second-order valence-electron chi connectivity index (χ2n) is 8.82. The smallest absolute Gasteiger partial charge is 0.147 e. The third kappa shape index (κ3) is 7.89. The third-order valence-electron chi connectivity index (χ3n) is 3.80. The second-order valence-corrected chi connectivity index (χ2v) is 12.4. The third-order valence-corrected chi connectivity index (χ3v) is 7.87. The maximum Gasteiger partial charge on any atom is -0.147 e. The van der Waals surface area contributed by atoms with E-state index < -0.39 is 23.2 Å². The summed E-state index contributed by atoms with van der Waals surface area (Å²) < 4.78 is 3.66. The summed E-state index contributed by atoms with van der Waals surface area (Å²) in [7, 11) is 0. The Labute approximate surface area is 167 Å². The molecule has 0 aliphatic heterocycles. The molecule has 0 aromatic carbocycles. The summed E-state index contributed by atoms with van der Waals surface area (Å²) in [5.41, 5.74) is 4.16. The van der Waals surface area contributed by atoms with E-state index in [-0.39, 0.29) is 24.8 Å². The number of rotatable bonds is 4. The van der Waals surface area contributed by atoms with E-state index in [9.17, 15) is 0 Å². The summed E-state index contributed by atoms with van der Waals surface area (Å²) in [6, 6.07) is 0. The quantitative estimate of drug-likeness (QED) is 0.438. The zero-order valence-corrected chi connectivity index (χ0v) is 19.5. The minimum absolute atomic E-state index is 0. The van der Waals surface area contributed by atoms with Crippen LogP contribution in [0.5, 0.6) is 0 Å². The summed E-state index contributed by atoms with van der Waals surface area (Å²) in [5, 5.41) is 0. The molecule has 0 aromatic rings. The molecule has 2 aliphatic carbocycles. The molecular weight excluding hydrogens is 402 g/mol. The average molecular weight is 435 g/mol. The van der Waals surface area contributed by atoms with Gasteiger partial charge in [-0.25, -0.2) is 0 Å². The summed E-state index contributed by atoms with van der Waals surface area (Å²) in [4.78, 5) is 0. The fourth-order valence-corrected chi connectivity index (χ4v) is 6.63. The SMILES string of the molecule is CC(C)(C)CC1=[C]([Zr][C]2=C(CC(C)(C)C)C=CC2)CC=C1.Cl.Cl. The summed E-state index contributed by atoms with van der Waals surface area (Å²) >= 11 is -0.554. The Kier molecular flexibility index (Phi) is 9.38.